The first-order valence-corrected chi connectivity index (χ1v) is 5.51. The summed E-state index contributed by atoms with van der Waals surface area (Å²) in [5.74, 6) is -5.75. The van der Waals surface area contributed by atoms with Gasteiger partial charge >= 0.3 is 31.1 Å². The zero-order chi connectivity index (χ0) is 21.5. The van der Waals surface area contributed by atoms with Gasteiger partial charge in [-0.3, -0.25) is 14.4 Å². The molecule has 25 heavy (non-hydrogen) atoms. The SMILES string of the molecule is CC(=O)O.CC(=O)O.CC(=O)O.CC(=O)[O-].CC(=O)[O-].CC(=O)[O-].[U+3]. The Hall–Kier alpha value is -2.13. The number of rotatable bonds is 0. The Morgan fingerprint density at radius 1 is 0.480 bits per heavy atom. The van der Waals surface area contributed by atoms with E-state index in [-0.39, 0.29) is 31.1 Å². The van der Waals surface area contributed by atoms with Gasteiger partial charge in [0.2, 0.25) is 0 Å². The van der Waals surface area contributed by atoms with Crippen LogP contribution in [0.15, 0.2) is 0 Å². The van der Waals surface area contributed by atoms with Gasteiger partial charge in [0.25, 0.3) is 17.9 Å². The van der Waals surface area contributed by atoms with Crippen molar-refractivity contribution >= 4 is 35.8 Å². The Balaban J connectivity index is -0.0000000309. The van der Waals surface area contributed by atoms with Gasteiger partial charge in [-0.1, -0.05) is 0 Å². The number of carbonyl (C=O) groups excluding carboxylic acids is 3. The van der Waals surface area contributed by atoms with Crippen molar-refractivity contribution < 1.29 is 90.5 Å². The molecule has 145 valence electrons. The molecule has 0 unspecified atom stereocenters. The van der Waals surface area contributed by atoms with Crippen molar-refractivity contribution in [3.05, 3.63) is 0 Å². The summed E-state index contributed by atoms with van der Waals surface area (Å²) in [6.07, 6.45) is 0. The topological polar surface area (TPSA) is 232 Å². The molecule has 0 rings (SSSR count). The van der Waals surface area contributed by atoms with Gasteiger partial charge < -0.3 is 45.0 Å². The number of carbonyl (C=O) groups is 6. The van der Waals surface area contributed by atoms with Gasteiger partial charge in [-0.05, 0) is 20.8 Å². The summed E-state index contributed by atoms with van der Waals surface area (Å²) >= 11 is 0. The first kappa shape index (κ1) is 43.4. The number of hydrogen-bond acceptors (Lipinski definition) is 9. The number of carboxylic acid groups (broad SMARTS) is 6. The molecule has 0 bridgehead atoms. The van der Waals surface area contributed by atoms with Crippen LogP contribution in [0.3, 0.4) is 0 Å². The van der Waals surface area contributed by atoms with Crippen LogP contribution in [0.2, 0.25) is 0 Å². The van der Waals surface area contributed by atoms with E-state index in [1.807, 2.05) is 0 Å². The molecule has 0 aromatic carbocycles. The summed E-state index contributed by atoms with van der Waals surface area (Å²) in [5.41, 5.74) is 0. The Morgan fingerprint density at radius 3 is 0.480 bits per heavy atom. The minimum Gasteiger partial charge on any atom is -0.550 e. The van der Waals surface area contributed by atoms with Crippen LogP contribution >= 0.6 is 0 Å². The summed E-state index contributed by atoms with van der Waals surface area (Å²) in [4.78, 5) is 53.7. The minimum atomic E-state index is -1.08. The third kappa shape index (κ3) is 1910. The zero-order valence-electron chi connectivity index (χ0n) is 14.5. The Labute approximate surface area is 167 Å². The van der Waals surface area contributed by atoms with Crippen LogP contribution in [0.5, 0.6) is 0 Å². The van der Waals surface area contributed by atoms with Crippen LogP contribution in [0, 0.1) is 31.1 Å². The van der Waals surface area contributed by atoms with Crippen molar-refractivity contribution in [3.8, 4) is 0 Å². The van der Waals surface area contributed by atoms with Crippen molar-refractivity contribution in [1.29, 1.82) is 0 Å². The molecule has 0 aromatic rings. The standard InChI is InChI=1S/6C2H4O2.U/c6*1-2(3)4;/h6*1H3,(H,3,4);/q;;;;;;+3/p-3. The average Bonchev–Trinajstić information content (AvgIpc) is 2.08. The summed E-state index contributed by atoms with van der Waals surface area (Å²) in [5, 5.41) is 48.9. The quantitative estimate of drug-likeness (QED) is 0.248. The molecule has 0 fully saturated rings. The van der Waals surface area contributed by atoms with Gasteiger partial charge in [0.15, 0.2) is 0 Å². The molecular formula is C12H21O12U. The second-order valence-corrected chi connectivity index (χ2v) is 3.03. The predicted octanol–water partition coefficient (Wildman–Crippen LogP) is -3.46. The number of carboxylic acids is 6. The van der Waals surface area contributed by atoms with Crippen LogP contribution in [0.4, 0.5) is 0 Å². The van der Waals surface area contributed by atoms with E-state index in [2.05, 4.69) is 0 Å². The van der Waals surface area contributed by atoms with Gasteiger partial charge in [-0.15, -0.1) is 0 Å². The first-order valence-electron chi connectivity index (χ1n) is 5.51. The monoisotopic (exact) mass is 595 g/mol. The molecule has 0 amide bonds. The Morgan fingerprint density at radius 2 is 0.480 bits per heavy atom. The van der Waals surface area contributed by atoms with E-state index < -0.39 is 35.8 Å². The smallest absolute Gasteiger partial charge is 0.550 e. The Bertz CT molecular complexity index is 261. The molecule has 0 aliphatic rings. The maximum absolute atomic E-state index is 9.00. The largest absolute Gasteiger partial charge is 3.00 e. The molecule has 0 aromatic heterocycles. The third-order valence-electron chi connectivity index (χ3n) is 0. The summed E-state index contributed by atoms with van der Waals surface area (Å²) in [7, 11) is 0. The zero-order valence-corrected chi connectivity index (χ0v) is 18.7. The normalized spacial score (nSPS) is 6.00. The van der Waals surface area contributed by atoms with E-state index in [0.29, 0.717) is 0 Å². The molecule has 3 N–H and O–H groups in total. The minimum absolute atomic E-state index is 0. The molecule has 0 aliphatic heterocycles. The van der Waals surface area contributed by atoms with Crippen LogP contribution in [-0.4, -0.2) is 51.1 Å². The average molecular weight is 595 g/mol. The third-order valence-corrected chi connectivity index (χ3v) is 0. The molecule has 0 spiro atoms. The molecule has 0 atom stereocenters. The van der Waals surface area contributed by atoms with E-state index >= 15 is 0 Å². The molecular weight excluding hydrogens is 574 g/mol. The molecule has 13 heteroatoms. The van der Waals surface area contributed by atoms with E-state index in [1.165, 1.54) is 0 Å². The molecule has 0 saturated carbocycles. The van der Waals surface area contributed by atoms with Gasteiger partial charge in [0, 0.05) is 38.7 Å². The maximum Gasteiger partial charge on any atom is 3.00 e. The van der Waals surface area contributed by atoms with E-state index in [9.17, 15) is 0 Å². The summed E-state index contributed by atoms with van der Waals surface area (Å²) in [6.45, 7) is 6.17. The van der Waals surface area contributed by atoms with Crippen molar-refractivity contribution in [2.75, 3.05) is 0 Å². The van der Waals surface area contributed by atoms with Crippen molar-refractivity contribution in [2.45, 2.75) is 41.5 Å². The molecule has 0 heterocycles. The van der Waals surface area contributed by atoms with Crippen LogP contribution < -0.4 is 15.3 Å². The fourth-order valence-electron chi connectivity index (χ4n) is 0. The second kappa shape index (κ2) is 37.8. The summed E-state index contributed by atoms with van der Waals surface area (Å²) < 4.78 is 0. The van der Waals surface area contributed by atoms with E-state index in [4.69, 9.17) is 59.4 Å². The fourth-order valence-corrected chi connectivity index (χ4v) is 0. The maximum atomic E-state index is 9.00. The molecule has 0 saturated heterocycles. The van der Waals surface area contributed by atoms with Crippen LogP contribution in [0.1, 0.15) is 41.5 Å². The predicted molar refractivity (Wildman–Crippen MR) is 72.0 cm³/mol. The fraction of sp³-hybridized carbons (Fsp3) is 0.500. The van der Waals surface area contributed by atoms with Gasteiger partial charge in [-0.2, -0.15) is 0 Å². The number of aliphatic carboxylic acids is 6. The van der Waals surface area contributed by atoms with E-state index in [0.717, 1.165) is 41.5 Å². The van der Waals surface area contributed by atoms with Gasteiger partial charge in [0.05, 0.1) is 0 Å². The van der Waals surface area contributed by atoms with Crippen molar-refractivity contribution in [1.82, 2.24) is 0 Å². The van der Waals surface area contributed by atoms with E-state index in [1.54, 1.807) is 0 Å². The van der Waals surface area contributed by atoms with Crippen molar-refractivity contribution in [2.24, 2.45) is 0 Å². The molecule has 12 nitrogen and oxygen atoms in total. The van der Waals surface area contributed by atoms with Crippen molar-refractivity contribution in [3.63, 3.8) is 0 Å². The number of hydrogen-bond donors (Lipinski definition) is 3. The van der Waals surface area contributed by atoms with Crippen LogP contribution in [0.25, 0.3) is 0 Å². The van der Waals surface area contributed by atoms with Gasteiger partial charge in [0.1, 0.15) is 0 Å². The summed E-state index contributed by atoms with van der Waals surface area (Å²) in [6, 6.07) is 0. The molecule has 0 aliphatic carbocycles. The first-order chi connectivity index (χ1) is 10.4. The Kier molecular flexibility index (Phi) is 65.7. The molecule has 1 radical (unpaired) electrons. The van der Waals surface area contributed by atoms with Crippen LogP contribution in [-0.2, 0) is 28.8 Å². The van der Waals surface area contributed by atoms with Gasteiger partial charge in [-0.25, -0.2) is 0 Å². The second-order valence-electron chi connectivity index (χ2n) is 3.03.